The molecule has 1 aliphatic rings. The summed E-state index contributed by atoms with van der Waals surface area (Å²) in [6.07, 6.45) is 1.79. The van der Waals surface area contributed by atoms with Crippen molar-refractivity contribution in [2.75, 3.05) is 24.3 Å². The zero-order valence-electron chi connectivity index (χ0n) is 10.4. The minimum Gasteiger partial charge on any atom is -0.478 e. The summed E-state index contributed by atoms with van der Waals surface area (Å²) in [5.74, 6) is -1.07. The Kier molecular flexibility index (Phi) is 3.23. The van der Waals surface area contributed by atoms with Gasteiger partial charge in [-0.3, -0.25) is 4.79 Å². The van der Waals surface area contributed by atoms with E-state index in [1.807, 2.05) is 19.0 Å². The molecular weight excluding hydrogens is 232 g/mol. The maximum Gasteiger partial charge on any atom is 0.337 e. The number of nitrogens with one attached hydrogen (secondary N) is 1. The lowest BCUT2D eigenvalue weighted by Crippen LogP contribution is -2.17. The van der Waals surface area contributed by atoms with Crippen molar-refractivity contribution >= 4 is 23.3 Å². The van der Waals surface area contributed by atoms with Gasteiger partial charge in [0, 0.05) is 25.7 Å². The molecule has 2 N–H and O–H groups in total. The second kappa shape index (κ2) is 4.68. The highest BCUT2D eigenvalue weighted by atomic mass is 16.4. The molecule has 0 heterocycles. The Morgan fingerprint density at radius 3 is 2.50 bits per heavy atom. The highest BCUT2D eigenvalue weighted by Crippen LogP contribution is 2.31. The van der Waals surface area contributed by atoms with Gasteiger partial charge in [-0.15, -0.1) is 0 Å². The smallest absolute Gasteiger partial charge is 0.337 e. The van der Waals surface area contributed by atoms with E-state index in [-0.39, 0.29) is 17.4 Å². The van der Waals surface area contributed by atoms with Crippen molar-refractivity contribution in [2.24, 2.45) is 5.92 Å². The first-order valence-electron chi connectivity index (χ1n) is 5.84. The van der Waals surface area contributed by atoms with Crippen LogP contribution in [0.15, 0.2) is 18.2 Å². The molecule has 0 bridgehead atoms. The van der Waals surface area contributed by atoms with Crippen LogP contribution in [-0.2, 0) is 4.79 Å². The number of aromatic carboxylic acids is 1. The third-order valence-electron chi connectivity index (χ3n) is 2.96. The minimum absolute atomic E-state index is 0.0557. The first-order chi connectivity index (χ1) is 8.49. The van der Waals surface area contributed by atoms with Gasteiger partial charge < -0.3 is 15.3 Å². The molecule has 0 saturated heterocycles. The Hall–Kier alpha value is -2.04. The number of carboxylic acids is 1. The van der Waals surface area contributed by atoms with Crippen LogP contribution in [0.5, 0.6) is 0 Å². The van der Waals surface area contributed by atoms with Gasteiger partial charge in [-0.05, 0) is 31.0 Å². The number of benzene rings is 1. The number of carbonyl (C=O) groups excluding carboxylic acids is 1. The molecule has 0 aromatic heterocycles. The predicted molar refractivity (Wildman–Crippen MR) is 69.1 cm³/mol. The number of carbonyl (C=O) groups is 2. The molecule has 1 aromatic rings. The molecule has 0 radical (unpaired) electrons. The standard InChI is InChI=1S/C13H16N2O3/c1-15(2)9-5-6-11(10(7-9)13(17)18)14-12(16)8-3-4-8/h5-8H,3-4H2,1-2H3,(H,14,16)(H,17,18). The molecule has 1 fully saturated rings. The van der Waals surface area contributed by atoms with Crippen LogP contribution in [0.2, 0.25) is 0 Å². The molecule has 1 amide bonds. The van der Waals surface area contributed by atoms with Crippen LogP contribution in [0.4, 0.5) is 11.4 Å². The fraction of sp³-hybridized carbons (Fsp3) is 0.385. The monoisotopic (exact) mass is 248 g/mol. The van der Waals surface area contributed by atoms with Crippen molar-refractivity contribution in [1.29, 1.82) is 0 Å². The van der Waals surface area contributed by atoms with Gasteiger partial charge in [0.1, 0.15) is 0 Å². The topological polar surface area (TPSA) is 69.6 Å². The van der Waals surface area contributed by atoms with E-state index >= 15 is 0 Å². The summed E-state index contributed by atoms with van der Waals surface area (Å²) in [4.78, 5) is 24.7. The summed E-state index contributed by atoms with van der Waals surface area (Å²) in [5.41, 5.74) is 1.28. The van der Waals surface area contributed by atoms with Gasteiger partial charge in [-0.1, -0.05) is 0 Å². The highest BCUT2D eigenvalue weighted by Gasteiger charge is 2.30. The maximum absolute atomic E-state index is 11.7. The Balaban J connectivity index is 2.27. The zero-order chi connectivity index (χ0) is 13.3. The Morgan fingerprint density at radius 1 is 1.33 bits per heavy atom. The van der Waals surface area contributed by atoms with E-state index in [0.29, 0.717) is 5.69 Å². The molecule has 1 saturated carbocycles. The van der Waals surface area contributed by atoms with E-state index in [1.54, 1.807) is 18.2 Å². The van der Waals surface area contributed by atoms with E-state index in [1.165, 1.54) is 0 Å². The SMILES string of the molecule is CN(C)c1ccc(NC(=O)C2CC2)c(C(=O)O)c1. The molecule has 1 aliphatic carbocycles. The third kappa shape index (κ3) is 2.61. The first kappa shape index (κ1) is 12.4. The molecule has 96 valence electrons. The largest absolute Gasteiger partial charge is 0.478 e. The number of hydrogen-bond acceptors (Lipinski definition) is 3. The minimum atomic E-state index is -1.04. The molecule has 2 rings (SSSR count). The molecular formula is C13H16N2O3. The summed E-state index contributed by atoms with van der Waals surface area (Å²) < 4.78 is 0. The quantitative estimate of drug-likeness (QED) is 0.852. The van der Waals surface area contributed by atoms with Gasteiger partial charge in [0.15, 0.2) is 0 Å². The summed E-state index contributed by atoms with van der Waals surface area (Å²) >= 11 is 0. The van der Waals surface area contributed by atoms with Gasteiger partial charge in [0.2, 0.25) is 5.91 Å². The van der Waals surface area contributed by atoms with Crippen LogP contribution in [0, 0.1) is 5.92 Å². The zero-order valence-corrected chi connectivity index (χ0v) is 10.4. The van der Waals surface area contributed by atoms with E-state index < -0.39 is 5.97 Å². The van der Waals surface area contributed by atoms with Crippen molar-refractivity contribution in [1.82, 2.24) is 0 Å². The first-order valence-corrected chi connectivity index (χ1v) is 5.84. The Labute approximate surface area is 105 Å². The van der Waals surface area contributed by atoms with Crippen LogP contribution in [0.25, 0.3) is 0 Å². The molecule has 1 aromatic carbocycles. The Bertz CT molecular complexity index is 493. The molecule has 0 unspecified atom stereocenters. The third-order valence-corrected chi connectivity index (χ3v) is 2.96. The lowest BCUT2D eigenvalue weighted by molar-refractivity contribution is -0.117. The molecule has 5 heteroatoms. The van der Waals surface area contributed by atoms with Crippen molar-refractivity contribution < 1.29 is 14.7 Å². The summed E-state index contributed by atoms with van der Waals surface area (Å²) in [6, 6.07) is 4.98. The number of nitrogens with zero attached hydrogens (tertiary/aromatic N) is 1. The van der Waals surface area contributed by atoms with Gasteiger partial charge in [0.25, 0.3) is 0 Å². The average Bonchev–Trinajstić information content (AvgIpc) is 3.12. The van der Waals surface area contributed by atoms with Crippen molar-refractivity contribution in [2.45, 2.75) is 12.8 Å². The van der Waals surface area contributed by atoms with Gasteiger partial charge >= 0.3 is 5.97 Å². The number of rotatable bonds is 4. The van der Waals surface area contributed by atoms with Crippen molar-refractivity contribution in [3.63, 3.8) is 0 Å². The van der Waals surface area contributed by atoms with E-state index in [2.05, 4.69) is 5.32 Å². The maximum atomic E-state index is 11.7. The Morgan fingerprint density at radius 2 is 2.00 bits per heavy atom. The predicted octanol–water partition coefficient (Wildman–Crippen LogP) is 1.80. The lowest BCUT2D eigenvalue weighted by Gasteiger charge is -2.15. The molecule has 0 atom stereocenters. The van der Waals surface area contributed by atoms with Gasteiger partial charge in [0.05, 0.1) is 11.3 Å². The highest BCUT2D eigenvalue weighted by molar-refractivity contribution is 6.02. The molecule has 18 heavy (non-hydrogen) atoms. The van der Waals surface area contributed by atoms with E-state index in [9.17, 15) is 9.59 Å². The normalized spacial score (nSPS) is 14.1. The fourth-order valence-corrected chi connectivity index (χ4v) is 1.68. The number of carboxylic acid groups (broad SMARTS) is 1. The summed E-state index contributed by atoms with van der Waals surface area (Å²) in [7, 11) is 3.67. The second-order valence-corrected chi connectivity index (χ2v) is 4.69. The van der Waals surface area contributed by atoms with Crippen LogP contribution >= 0.6 is 0 Å². The van der Waals surface area contributed by atoms with Crippen LogP contribution in [0.1, 0.15) is 23.2 Å². The van der Waals surface area contributed by atoms with Gasteiger partial charge in [-0.2, -0.15) is 0 Å². The summed E-state index contributed by atoms with van der Waals surface area (Å²) in [6.45, 7) is 0. The number of anilines is 2. The van der Waals surface area contributed by atoms with Crippen LogP contribution in [-0.4, -0.2) is 31.1 Å². The summed E-state index contributed by atoms with van der Waals surface area (Å²) in [5, 5.41) is 11.9. The molecule has 0 aliphatic heterocycles. The van der Waals surface area contributed by atoms with Crippen molar-refractivity contribution in [3.8, 4) is 0 Å². The van der Waals surface area contributed by atoms with Crippen molar-refractivity contribution in [3.05, 3.63) is 23.8 Å². The lowest BCUT2D eigenvalue weighted by atomic mass is 10.1. The molecule has 0 spiro atoms. The van der Waals surface area contributed by atoms with Crippen LogP contribution < -0.4 is 10.2 Å². The molecule has 5 nitrogen and oxygen atoms in total. The van der Waals surface area contributed by atoms with E-state index in [4.69, 9.17) is 5.11 Å². The number of amides is 1. The second-order valence-electron chi connectivity index (χ2n) is 4.69. The van der Waals surface area contributed by atoms with E-state index in [0.717, 1.165) is 18.5 Å². The average molecular weight is 248 g/mol. The number of hydrogen-bond donors (Lipinski definition) is 2. The van der Waals surface area contributed by atoms with Crippen LogP contribution in [0.3, 0.4) is 0 Å². The van der Waals surface area contributed by atoms with Gasteiger partial charge in [-0.25, -0.2) is 4.79 Å². The fourth-order valence-electron chi connectivity index (χ4n) is 1.68.